The largest absolute Gasteiger partial charge is 0.478 e. The summed E-state index contributed by atoms with van der Waals surface area (Å²) in [6.07, 6.45) is 9.34. The summed E-state index contributed by atoms with van der Waals surface area (Å²) < 4.78 is 0. The number of aromatic nitrogens is 2. The molecule has 3 aromatic rings. The molecule has 1 saturated carbocycles. The van der Waals surface area contributed by atoms with Gasteiger partial charge in [0.2, 0.25) is 0 Å². The van der Waals surface area contributed by atoms with Crippen LogP contribution in [0.15, 0.2) is 42.6 Å². The Kier molecular flexibility index (Phi) is 4.14. The summed E-state index contributed by atoms with van der Waals surface area (Å²) in [4.78, 5) is 20.2. The molecule has 1 fully saturated rings. The smallest absolute Gasteiger partial charge is 0.337 e. The van der Waals surface area contributed by atoms with Crippen LogP contribution >= 0.6 is 0 Å². The second-order valence-corrected chi connectivity index (χ2v) is 8.03. The Balaban J connectivity index is 1.59. The summed E-state index contributed by atoms with van der Waals surface area (Å²) in [5.41, 5.74) is 13.1. The Labute approximate surface area is 169 Å². The number of carboxylic acids is 1. The lowest BCUT2D eigenvalue weighted by molar-refractivity contribution is 0.0694. The van der Waals surface area contributed by atoms with Crippen LogP contribution in [0.5, 0.6) is 0 Å². The first-order valence-corrected chi connectivity index (χ1v) is 10.0. The first-order chi connectivity index (χ1) is 14.1. The summed E-state index contributed by atoms with van der Waals surface area (Å²) in [7, 11) is 0. The molecule has 0 radical (unpaired) electrons. The lowest BCUT2D eigenvalue weighted by Crippen LogP contribution is -2.23. The van der Waals surface area contributed by atoms with Crippen molar-refractivity contribution >= 4 is 18.1 Å². The maximum Gasteiger partial charge on any atom is 0.337 e. The Bertz CT molecular complexity index is 1120. The molecule has 0 saturated heterocycles. The van der Waals surface area contributed by atoms with Crippen LogP contribution in [0.3, 0.4) is 0 Å². The van der Waals surface area contributed by atoms with Gasteiger partial charge in [-0.2, -0.15) is 0 Å². The molecule has 5 rings (SSSR count). The zero-order chi connectivity index (χ0) is 20.0. The first-order valence-electron chi connectivity index (χ1n) is 10.0. The number of nitrogens with one attached hydrogen (secondary N) is 1. The highest BCUT2D eigenvalue weighted by Crippen LogP contribution is 2.50. The highest BCUT2D eigenvalue weighted by atomic mass is 16.4. The molecular formula is C24H23N3O2. The predicted molar refractivity (Wildman–Crippen MR) is 114 cm³/mol. The van der Waals surface area contributed by atoms with Gasteiger partial charge in [0.1, 0.15) is 0 Å². The highest BCUT2D eigenvalue weighted by Gasteiger charge is 2.48. The van der Waals surface area contributed by atoms with Crippen LogP contribution in [-0.4, -0.2) is 27.6 Å². The number of nitrogens with two attached hydrogens (primary N) is 1. The third-order valence-corrected chi connectivity index (χ3v) is 6.26. The average Bonchev–Trinajstić information content (AvgIpc) is 3.44. The van der Waals surface area contributed by atoms with Gasteiger partial charge in [-0.25, -0.2) is 4.79 Å². The first kappa shape index (κ1) is 17.9. The maximum absolute atomic E-state index is 12.1. The molecule has 5 nitrogen and oxygen atoms in total. The Morgan fingerprint density at radius 2 is 2.00 bits per heavy atom. The van der Waals surface area contributed by atoms with Gasteiger partial charge in [0, 0.05) is 29.4 Å². The van der Waals surface area contributed by atoms with Gasteiger partial charge in [0.25, 0.3) is 0 Å². The normalized spacial score (nSPS) is 16.4. The molecule has 1 aromatic carbocycles. The maximum atomic E-state index is 12.1. The number of fused-ring (bicyclic) bond motifs is 3. The number of pyridine rings is 1. The van der Waals surface area contributed by atoms with Crippen LogP contribution in [0.4, 0.5) is 0 Å². The molecule has 0 aliphatic heterocycles. The van der Waals surface area contributed by atoms with E-state index >= 15 is 0 Å². The fraction of sp³-hybridized carbons (Fsp3) is 0.250. The number of carbonyl (C=O) groups is 1. The van der Waals surface area contributed by atoms with E-state index in [1.165, 1.54) is 0 Å². The molecule has 2 aromatic heterocycles. The van der Waals surface area contributed by atoms with Crippen LogP contribution < -0.4 is 5.73 Å². The summed E-state index contributed by atoms with van der Waals surface area (Å²) >= 11 is 0. The van der Waals surface area contributed by atoms with Crippen molar-refractivity contribution < 1.29 is 9.90 Å². The van der Waals surface area contributed by atoms with Gasteiger partial charge in [-0.3, -0.25) is 4.98 Å². The summed E-state index contributed by atoms with van der Waals surface area (Å²) in [5, 5.41) is 9.93. The van der Waals surface area contributed by atoms with Gasteiger partial charge in [-0.15, -0.1) is 0 Å². The van der Waals surface area contributed by atoms with E-state index in [1.54, 1.807) is 0 Å². The van der Waals surface area contributed by atoms with Crippen LogP contribution in [0, 0.1) is 0 Å². The molecular weight excluding hydrogens is 362 g/mol. The fourth-order valence-corrected chi connectivity index (χ4v) is 4.39. The average molecular weight is 385 g/mol. The van der Waals surface area contributed by atoms with Crippen molar-refractivity contribution in [3.8, 4) is 11.3 Å². The topological polar surface area (TPSA) is 92.0 Å². The van der Waals surface area contributed by atoms with Gasteiger partial charge < -0.3 is 15.8 Å². The predicted octanol–water partition coefficient (Wildman–Crippen LogP) is 4.03. The van der Waals surface area contributed by atoms with E-state index in [-0.39, 0.29) is 5.41 Å². The molecule has 2 aliphatic rings. The number of hydrogen-bond donors (Lipinski definition) is 3. The number of hydrogen-bond acceptors (Lipinski definition) is 3. The summed E-state index contributed by atoms with van der Waals surface area (Å²) in [5.74, 6) is -0.862. The molecule has 2 aliphatic carbocycles. The third-order valence-electron chi connectivity index (χ3n) is 6.26. The van der Waals surface area contributed by atoms with E-state index in [4.69, 9.17) is 5.73 Å². The van der Waals surface area contributed by atoms with Gasteiger partial charge in [-0.05, 0) is 54.5 Å². The molecule has 2 heterocycles. The van der Waals surface area contributed by atoms with Crippen LogP contribution in [0.1, 0.15) is 51.3 Å². The molecule has 5 heteroatoms. The van der Waals surface area contributed by atoms with Crippen molar-refractivity contribution in [3.05, 3.63) is 76.2 Å². The Hall–Kier alpha value is -3.18. The summed E-state index contributed by atoms with van der Waals surface area (Å²) in [6, 6.07) is 12.2. The van der Waals surface area contributed by atoms with Crippen molar-refractivity contribution in [1.29, 1.82) is 0 Å². The number of carboxylic acid groups (broad SMARTS) is 1. The van der Waals surface area contributed by atoms with E-state index in [1.807, 2.05) is 48.7 Å². The lowest BCUT2D eigenvalue weighted by atomic mass is 9.88. The molecule has 0 atom stereocenters. The monoisotopic (exact) mass is 385 g/mol. The molecule has 29 heavy (non-hydrogen) atoms. The number of H-pyrrole nitrogens is 1. The van der Waals surface area contributed by atoms with Gasteiger partial charge in [0.05, 0.1) is 17.0 Å². The minimum Gasteiger partial charge on any atom is -0.478 e. The standard InChI is InChI=1S/C24H23N3O2/c25-14-24(10-11-24)22-20(23(28)29)18-9-7-16-13-26-17(12-19(16)21(18)27-22)8-6-15-4-2-1-3-5-15/h1-6,8,12-13,27H,7,9-11,14,25H2,(H,28,29). The minimum absolute atomic E-state index is 0.200. The second kappa shape index (κ2) is 6.71. The van der Waals surface area contributed by atoms with Gasteiger partial charge in [-0.1, -0.05) is 36.4 Å². The number of aromatic amines is 1. The number of benzene rings is 1. The van der Waals surface area contributed by atoms with Crippen molar-refractivity contribution in [1.82, 2.24) is 9.97 Å². The van der Waals surface area contributed by atoms with Crippen molar-refractivity contribution in [3.63, 3.8) is 0 Å². The Morgan fingerprint density at radius 1 is 1.21 bits per heavy atom. The number of rotatable bonds is 5. The third kappa shape index (κ3) is 2.98. The zero-order valence-corrected chi connectivity index (χ0v) is 16.1. The Morgan fingerprint density at radius 3 is 2.69 bits per heavy atom. The zero-order valence-electron chi connectivity index (χ0n) is 16.1. The van der Waals surface area contributed by atoms with E-state index in [9.17, 15) is 9.90 Å². The van der Waals surface area contributed by atoms with Crippen LogP contribution in [0.2, 0.25) is 0 Å². The quantitative estimate of drug-likeness (QED) is 0.618. The van der Waals surface area contributed by atoms with Gasteiger partial charge >= 0.3 is 5.97 Å². The lowest BCUT2D eigenvalue weighted by Gasteiger charge is -2.17. The van der Waals surface area contributed by atoms with Crippen molar-refractivity contribution in [2.75, 3.05) is 6.54 Å². The summed E-state index contributed by atoms with van der Waals surface area (Å²) in [6.45, 7) is 0.473. The van der Waals surface area contributed by atoms with E-state index in [0.29, 0.717) is 18.5 Å². The number of nitrogens with zero attached hydrogens (tertiary/aromatic N) is 1. The second-order valence-electron chi connectivity index (χ2n) is 8.03. The number of aromatic carboxylic acids is 1. The molecule has 0 spiro atoms. The fourth-order valence-electron chi connectivity index (χ4n) is 4.39. The van der Waals surface area contributed by atoms with Crippen molar-refractivity contribution in [2.45, 2.75) is 31.1 Å². The SMILES string of the molecule is NCC1(c2[nH]c3c(c2C(=O)O)CCc2cnc(C=Cc4ccccc4)cc2-3)CC1. The molecule has 0 bridgehead atoms. The van der Waals surface area contributed by atoms with Crippen LogP contribution in [-0.2, 0) is 18.3 Å². The van der Waals surface area contributed by atoms with E-state index < -0.39 is 5.97 Å². The number of aryl methyl sites for hydroxylation is 1. The molecule has 0 amide bonds. The van der Waals surface area contributed by atoms with E-state index in [0.717, 1.165) is 58.6 Å². The highest BCUT2D eigenvalue weighted by molar-refractivity contribution is 5.95. The van der Waals surface area contributed by atoms with E-state index in [2.05, 4.69) is 16.0 Å². The van der Waals surface area contributed by atoms with Crippen molar-refractivity contribution in [2.24, 2.45) is 5.73 Å². The molecule has 146 valence electrons. The minimum atomic E-state index is -0.862. The van der Waals surface area contributed by atoms with Gasteiger partial charge in [0.15, 0.2) is 0 Å². The molecule has 4 N–H and O–H groups in total. The molecule has 0 unspecified atom stereocenters. The van der Waals surface area contributed by atoms with Crippen LogP contribution in [0.25, 0.3) is 23.4 Å².